The SMILES string of the molecule is CCC1(CC)CN(c2ccc(I)cc2Cl)CCCN1. The average Bonchev–Trinajstić information content (AvgIpc) is 2.62. The number of rotatable bonds is 3. The first kappa shape index (κ1) is 15.4. The second-order valence-electron chi connectivity index (χ2n) is 5.29. The summed E-state index contributed by atoms with van der Waals surface area (Å²) < 4.78 is 1.19. The average molecular weight is 393 g/mol. The molecule has 0 unspecified atom stereocenters. The van der Waals surface area contributed by atoms with E-state index in [1.54, 1.807) is 0 Å². The van der Waals surface area contributed by atoms with Gasteiger partial charge in [-0.05, 0) is 66.6 Å². The van der Waals surface area contributed by atoms with Crippen LogP contribution < -0.4 is 10.2 Å². The molecule has 0 atom stereocenters. The molecule has 1 N–H and O–H groups in total. The molecule has 1 aromatic rings. The van der Waals surface area contributed by atoms with Gasteiger partial charge < -0.3 is 10.2 Å². The fourth-order valence-electron chi connectivity index (χ4n) is 2.79. The summed E-state index contributed by atoms with van der Waals surface area (Å²) >= 11 is 8.74. The maximum absolute atomic E-state index is 6.43. The molecular weight excluding hydrogens is 371 g/mol. The zero-order valence-corrected chi connectivity index (χ0v) is 14.6. The van der Waals surface area contributed by atoms with E-state index in [4.69, 9.17) is 11.6 Å². The molecule has 2 nitrogen and oxygen atoms in total. The summed E-state index contributed by atoms with van der Waals surface area (Å²) in [4.78, 5) is 2.45. The molecule has 0 saturated carbocycles. The fraction of sp³-hybridized carbons (Fsp3) is 0.600. The van der Waals surface area contributed by atoms with Crippen molar-refractivity contribution < 1.29 is 0 Å². The molecule has 1 heterocycles. The van der Waals surface area contributed by atoms with Gasteiger partial charge in [0.25, 0.3) is 0 Å². The van der Waals surface area contributed by atoms with Crippen LogP contribution >= 0.6 is 34.2 Å². The maximum atomic E-state index is 6.43. The third-order valence-electron chi connectivity index (χ3n) is 4.20. The van der Waals surface area contributed by atoms with Gasteiger partial charge >= 0.3 is 0 Å². The number of anilines is 1. The topological polar surface area (TPSA) is 15.3 Å². The Labute approximate surface area is 135 Å². The predicted octanol–water partition coefficient (Wildman–Crippen LogP) is 4.30. The van der Waals surface area contributed by atoms with Crippen molar-refractivity contribution in [3.8, 4) is 0 Å². The Hall–Kier alpha value is -0.000000000000000132. The van der Waals surface area contributed by atoms with E-state index in [9.17, 15) is 0 Å². The van der Waals surface area contributed by atoms with Gasteiger partial charge in [-0.2, -0.15) is 0 Å². The summed E-state index contributed by atoms with van der Waals surface area (Å²) in [7, 11) is 0. The van der Waals surface area contributed by atoms with E-state index < -0.39 is 0 Å². The van der Waals surface area contributed by atoms with Crippen LogP contribution in [0.4, 0.5) is 5.69 Å². The van der Waals surface area contributed by atoms with Gasteiger partial charge in [0.2, 0.25) is 0 Å². The van der Waals surface area contributed by atoms with E-state index in [1.807, 2.05) is 0 Å². The number of halogens is 2. The lowest BCUT2D eigenvalue weighted by atomic mass is 9.92. The normalized spacial score (nSPS) is 19.3. The van der Waals surface area contributed by atoms with Gasteiger partial charge in [0.05, 0.1) is 10.7 Å². The summed E-state index contributed by atoms with van der Waals surface area (Å²) in [5, 5.41) is 4.61. The van der Waals surface area contributed by atoms with Gasteiger partial charge in [0.1, 0.15) is 0 Å². The number of hydrogen-bond acceptors (Lipinski definition) is 2. The van der Waals surface area contributed by atoms with Crippen molar-refractivity contribution in [2.45, 2.75) is 38.6 Å². The molecule has 0 aromatic heterocycles. The molecule has 1 aliphatic heterocycles. The molecule has 106 valence electrons. The van der Waals surface area contributed by atoms with Crippen LogP contribution in [0, 0.1) is 3.57 Å². The van der Waals surface area contributed by atoms with Crippen LogP contribution in [-0.4, -0.2) is 25.2 Å². The van der Waals surface area contributed by atoms with E-state index >= 15 is 0 Å². The Kier molecular flexibility index (Phi) is 5.37. The summed E-state index contributed by atoms with van der Waals surface area (Å²) in [5.74, 6) is 0. The summed E-state index contributed by atoms with van der Waals surface area (Å²) in [6.07, 6.45) is 3.48. The molecule has 1 saturated heterocycles. The lowest BCUT2D eigenvalue weighted by molar-refractivity contribution is 0.321. The maximum Gasteiger partial charge on any atom is 0.0650 e. The van der Waals surface area contributed by atoms with E-state index in [1.165, 1.54) is 15.7 Å². The Morgan fingerprint density at radius 3 is 2.74 bits per heavy atom. The first-order valence-corrected chi connectivity index (χ1v) is 8.51. The van der Waals surface area contributed by atoms with Crippen molar-refractivity contribution in [1.29, 1.82) is 0 Å². The summed E-state index contributed by atoms with van der Waals surface area (Å²) in [5.41, 5.74) is 1.40. The Balaban J connectivity index is 2.27. The third-order valence-corrected chi connectivity index (χ3v) is 5.18. The lowest BCUT2D eigenvalue weighted by Crippen LogP contribution is -2.50. The lowest BCUT2D eigenvalue weighted by Gasteiger charge is -2.36. The Morgan fingerprint density at radius 2 is 2.11 bits per heavy atom. The minimum atomic E-state index is 0.225. The number of nitrogens with one attached hydrogen (secondary N) is 1. The van der Waals surface area contributed by atoms with Gasteiger partial charge in [-0.25, -0.2) is 0 Å². The van der Waals surface area contributed by atoms with Crippen molar-refractivity contribution in [2.75, 3.05) is 24.5 Å². The van der Waals surface area contributed by atoms with E-state index in [-0.39, 0.29) is 5.54 Å². The van der Waals surface area contributed by atoms with Crippen molar-refractivity contribution in [1.82, 2.24) is 5.32 Å². The number of hydrogen-bond donors (Lipinski definition) is 1. The van der Waals surface area contributed by atoms with Crippen LogP contribution in [0.5, 0.6) is 0 Å². The third kappa shape index (κ3) is 3.56. The van der Waals surface area contributed by atoms with Crippen molar-refractivity contribution in [3.05, 3.63) is 26.8 Å². The van der Waals surface area contributed by atoms with Crippen molar-refractivity contribution in [3.63, 3.8) is 0 Å². The molecule has 1 fully saturated rings. The highest BCUT2D eigenvalue weighted by Gasteiger charge is 2.30. The number of benzene rings is 1. The Morgan fingerprint density at radius 1 is 1.37 bits per heavy atom. The molecule has 0 spiro atoms. The molecule has 0 radical (unpaired) electrons. The molecule has 2 rings (SSSR count). The Bertz CT molecular complexity index is 432. The molecule has 0 bridgehead atoms. The van der Waals surface area contributed by atoms with Crippen LogP contribution in [0.15, 0.2) is 18.2 Å². The second-order valence-corrected chi connectivity index (χ2v) is 6.94. The fourth-order valence-corrected chi connectivity index (χ4v) is 3.77. The molecule has 1 aliphatic rings. The van der Waals surface area contributed by atoms with Crippen molar-refractivity contribution >= 4 is 39.9 Å². The standard InChI is InChI=1S/C15H22ClIN2/c1-3-15(4-2)11-19(9-5-8-18-15)14-7-6-12(17)10-13(14)16/h6-7,10,18H,3-5,8-9,11H2,1-2H3. The van der Waals surface area contributed by atoms with Gasteiger partial charge in [-0.15, -0.1) is 0 Å². The minimum Gasteiger partial charge on any atom is -0.368 e. The van der Waals surface area contributed by atoms with Gasteiger partial charge in [0, 0.05) is 22.2 Å². The van der Waals surface area contributed by atoms with Crippen LogP contribution in [0.3, 0.4) is 0 Å². The van der Waals surface area contributed by atoms with Gasteiger partial charge in [-0.3, -0.25) is 0 Å². The van der Waals surface area contributed by atoms with Crippen LogP contribution in [0.25, 0.3) is 0 Å². The van der Waals surface area contributed by atoms with Crippen LogP contribution in [-0.2, 0) is 0 Å². The number of nitrogens with zero attached hydrogens (tertiary/aromatic N) is 1. The summed E-state index contributed by atoms with van der Waals surface area (Å²) in [6.45, 7) is 7.76. The van der Waals surface area contributed by atoms with Gasteiger partial charge in [-0.1, -0.05) is 25.4 Å². The quantitative estimate of drug-likeness (QED) is 0.771. The van der Waals surface area contributed by atoms with Crippen LogP contribution in [0.1, 0.15) is 33.1 Å². The highest BCUT2D eigenvalue weighted by molar-refractivity contribution is 14.1. The second kappa shape index (κ2) is 6.64. The molecule has 0 amide bonds. The molecule has 4 heteroatoms. The monoisotopic (exact) mass is 392 g/mol. The largest absolute Gasteiger partial charge is 0.368 e. The molecule has 19 heavy (non-hydrogen) atoms. The molecule has 1 aromatic carbocycles. The predicted molar refractivity (Wildman–Crippen MR) is 92.3 cm³/mol. The molecule has 0 aliphatic carbocycles. The van der Waals surface area contributed by atoms with E-state index in [0.29, 0.717) is 0 Å². The first-order chi connectivity index (χ1) is 9.10. The minimum absolute atomic E-state index is 0.225. The zero-order valence-electron chi connectivity index (χ0n) is 11.7. The van der Waals surface area contributed by atoms with Crippen molar-refractivity contribution in [2.24, 2.45) is 0 Å². The van der Waals surface area contributed by atoms with Crippen LogP contribution in [0.2, 0.25) is 5.02 Å². The molecular formula is C15H22ClIN2. The highest BCUT2D eigenvalue weighted by Crippen LogP contribution is 2.31. The summed E-state index contributed by atoms with van der Waals surface area (Å²) in [6, 6.07) is 6.35. The zero-order chi connectivity index (χ0) is 13.9. The smallest absolute Gasteiger partial charge is 0.0650 e. The van der Waals surface area contributed by atoms with E-state index in [2.05, 4.69) is 64.9 Å². The first-order valence-electron chi connectivity index (χ1n) is 7.05. The highest BCUT2D eigenvalue weighted by atomic mass is 127. The van der Waals surface area contributed by atoms with E-state index in [0.717, 1.165) is 37.5 Å². The van der Waals surface area contributed by atoms with Gasteiger partial charge in [0.15, 0.2) is 0 Å².